The van der Waals surface area contributed by atoms with Crippen LogP contribution in [0.15, 0.2) is 0 Å². The Morgan fingerprint density at radius 2 is 2.08 bits per heavy atom. The third-order valence-corrected chi connectivity index (χ3v) is 2.47. The second-order valence-corrected chi connectivity index (χ2v) is 3.31. The molecular weight excluding hydrogens is 247 g/mol. The van der Waals surface area contributed by atoms with E-state index in [0.29, 0.717) is 6.61 Å². The fourth-order valence-corrected chi connectivity index (χ4v) is 1.84. The van der Waals surface area contributed by atoms with Crippen molar-refractivity contribution in [2.24, 2.45) is 11.7 Å². The molecule has 3 N–H and O–H groups in total. The topological polar surface area (TPSA) is 64.7 Å². The van der Waals surface area contributed by atoms with Crippen molar-refractivity contribution in [3.05, 3.63) is 0 Å². The molecule has 0 amide bonds. The van der Waals surface area contributed by atoms with E-state index in [0.717, 1.165) is 6.42 Å². The van der Waals surface area contributed by atoms with Crippen LogP contribution >= 0.6 is 0 Å². The number of aliphatic hydroxyl groups excluding tert-OH is 1. The van der Waals surface area contributed by atoms with E-state index in [4.69, 9.17) is 15.2 Å². The summed E-state index contributed by atoms with van der Waals surface area (Å²) in [6.45, 7) is 0.550. The second kappa shape index (κ2) is 6.43. The van der Waals surface area contributed by atoms with Gasteiger partial charge in [0, 0.05) is 58.9 Å². The summed E-state index contributed by atoms with van der Waals surface area (Å²) < 4.78 is 10.0. The smallest absolute Gasteiger partial charge is 0.0984 e. The van der Waals surface area contributed by atoms with Gasteiger partial charge in [-0.15, -0.1) is 0 Å². The van der Waals surface area contributed by atoms with Crippen LogP contribution in [-0.4, -0.2) is 44.2 Å². The van der Waals surface area contributed by atoms with Crippen molar-refractivity contribution in [2.75, 3.05) is 20.8 Å². The first-order valence-electron chi connectivity index (χ1n) is 4.16. The van der Waals surface area contributed by atoms with Crippen molar-refractivity contribution in [3.8, 4) is 0 Å². The van der Waals surface area contributed by atoms with Crippen molar-refractivity contribution >= 4 is 0 Å². The Hall–Kier alpha value is 0.944. The molecular formula is C8H17NO3Y. The minimum Gasteiger partial charge on any atom is -0.390 e. The Bertz CT molecular complexity index is 147. The first-order valence-corrected chi connectivity index (χ1v) is 4.16. The van der Waals surface area contributed by atoms with Crippen LogP contribution < -0.4 is 5.73 Å². The Balaban J connectivity index is 0.00000144. The molecule has 0 spiro atoms. The summed E-state index contributed by atoms with van der Waals surface area (Å²) >= 11 is 0. The predicted octanol–water partition coefficient (Wildman–Crippen LogP) is -0.647. The SMILES string of the molecule is COC[C@H]1C[C@H](N)C(OC)[C@H]1O.[Y]. The number of ether oxygens (including phenoxy) is 2. The van der Waals surface area contributed by atoms with Gasteiger partial charge < -0.3 is 20.3 Å². The summed E-state index contributed by atoms with van der Waals surface area (Å²) in [5, 5.41) is 9.67. The van der Waals surface area contributed by atoms with Crippen LogP contribution in [0, 0.1) is 5.92 Å². The van der Waals surface area contributed by atoms with E-state index >= 15 is 0 Å². The minimum atomic E-state index is -0.482. The molecule has 1 rings (SSSR count). The molecule has 4 atom stereocenters. The molecule has 0 saturated heterocycles. The molecule has 0 aromatic heterocycles. The first kappa shape index (κ1) is 13.9. The Kier molecular flexibility index (Phi) is 6.90. The molecule has 0 aliphatic heterocycles. The van der Waals surface area contributed by atoms with Crippen LogP contribution in [0.4, 0.5) is 0 Å². The first-order chi connectivity index (χ1) is 5.70. The molecule has 0 bridgehead atoms. The molecule has 1 aliphatic carbocycles. The summed E-state index contributed by atoms with van der Waals surface area (Å²) in [7, 11) is 3.20. The maximum Gasteiger partial charge on any atom is 0.0984 e. The third kappa shape index (κ3) is 3.22. The van der Waals surface area contributed by atoms with E-state index in [9.17, 15) is 5.11 Å². The third-order valence-electron chi connectivity index (χ3n) is 2.47. The van der Waals surface area contributed by atoms with Gasteiger partial charge in [0.25, 0.3) is 0 Å². The minimum absolute atomic E-state index is 0. The molecule has 1 saturated carbocycles. The Labute approximate surface area is 104 Å². The van der Waals surface area contributed by atoms with Gasteiger partial charge in [0.15, 0.2) is 0 Å². The molecule has 4 nitrogen and oxygen atoms in total. The van der Waals surface area contributed by atoms with Crippen LogP contribution in [0.3, 0.4) is 0 Å². The van der Waals surface area contributed by atoms with E-state index in [2.05, 4.69) is 0 Å². The molecule has 1 fully saturated rings. The van der Waals surface area contributed by atoms with Gasteiger partial charge in [0.05, 0.1) is 18.8 Å². The number of aliphatic hydroxyl groups is 1. The largest absolute Gasteiger partial charge is 0.390 e. The fraction of sp³-hybridized carbons (Fsp3) is 1.00. The fourth-order valence-electron chi connectivity index (χ4n) is 1.84. The van der Waals surface area contributed by atoms with Gasteiger partial charge in [-0.05, 0) is 6.42 Å². The van der Waals surface area contributed by atoms with E-state index < -0.39 is 6.10 Å². The maximum atomic E-state index is 9.67. The van der Waals surface area contributed by atoms with Crippen molar-refractivity contribution in [1.29, 1.82) is 0 Å². The van der Waals surface area contributed by atoms with Gasteiger partial charge in [0.1, 0.15) is 0 Å². The second-order valence-electron chi connectivity index (χ2n) is 3.31. The molecule has 5 heteroatoms. The van der Waals surface area contributed by atoms with Crippen LogP contribution in [0.25, 0.3) is 0 Å². The van der Waals surface area contributed by atoms with Crippen LogP contribution in [0.2, 0.25) is 0 Å². The molecule has 1 radical (unpaired) electrons. The van der Waals surface area contributed by atoms with E-state index in [1.807, 2.05) is 0 Å². The molecule has 0 heterocycles. The maximum absolute atomic E-state index is 9.67. The predicted molar refractivity (Wildman–Crippen MR) is 44.8 cm³/mol. The zero-order valence-electron chi connectivity index (χ0n) is 8.14. The zero-order chi connectivity index (χ0) is 9.14. The summed E-state index contributed by atoms with van der Waals surface area (Å²) in [6.07, 6.45) is 0.0585. The standard InChI is InChI=1S/C8H17NO3.Y/c1-11-4-5-3-6(9)8(12-2)7(5)10;/h5-8,10H,3-4,9H2,1-2H3;/t5-,6+,7+,8?;/m1./s1. The van der Waals surface area contributed by atoms with E-state index in [1.165, 1.54) is 0 Å². The Morgan fingerprint density at radius 1 is 1.46 bits per heavy atom. The summed E-state index contributed by atoms with van der Waals surface area (Å²) in [4.78, 5) is 0. The van der Waals surface area contributed by atoms with Crippen molar-refractivity contribution in [3.63, 3.8) is 0 Å². The number of hydrogen-bond acceptors (Lipinski definition) is 4. The number of methoxy groups -OCH3 is 2. The van der Waals surface area contributed by atoms with E-state index in [1.54, 1.807) is 14.2 Å². The van der Waals surface area contributed by atoms with Crippen molar-refractivity contribution in [1.82, 2.24) is 0 Å². The Morgan fingerprint density at radius 3 is 2.46 bits per heavy atom. The molecule has 1 unspecified atom stereocenters. The molecule has 0 aromatic rings. The van der Waals surface area contributed by atoms with Gasteiger partial charge in [-0.2, -0.15) is 0 Å². The van der Waals surface area contributed by atoms with Crippen molar-refractivity contribution in [2.45, 2.75) is 24.7 Å². The normalized spacial score (nSPS) is 38.8. The van der Waals surface area contributed by atoms with Gasteiger partial charge >= 0.3 is 0 Å². The summed E-state index contributed by atoms with van der Waals surface area (Å²) in [5.41, 5.74) is 5.76. The molecule has 13 heavy (non-hydrogen) atoms. The average Bonchev–Trinajstić information content (AvgIpc) is 2.29. The summed E-state index contributed by atoms with van der Waals surface area (Å²) in [5.74, 6) is 0.120. The molecule has 75 valence electrons. The average molecular weight is 264 g/mol. The molecule has 0 aromatic carbocycles. The van der Waals surface area contributed by atoms with Crippen molar-refractivity contribution < 1.29 is 47.3 Å². The van der Waals surface area contributed by atoms with Crippen LogP contribution in [-0.2, 0) is 42.2 Å². The summed E-state index contributed by atoms with van der Waals surface area (Å²) in [6, 6.07) is -0.0647. The van der Waals surface area contributed by atoms with E-state index in [-0.39, 0.29) is 50.8 Å². The van der Waals surface area contributed by atoms with Gasteiger partial charge in [-0.1, -0.05) is 0 Å². The quantitative estimate of drug-likeness (QED) is 0.711. The van der Waals surface area contributed by atoms with Gasteiger partial charge in [-0.3, -0.25) is 0 Å². The number of rotatable bonds is 3. The number of hydrogen-bond donors (Lipinski definition) is 2. The van der Waals surface area contributed by atoms with Gasteiger partial charge in [-0.25, -0.2) is 0 Å². The monoisotopic (exact) mass is 264 g/mol. The molecule has 1 aliphatic rings. The van der Waals surface area contributed by atoms with Crippen LogP contribution in [0.5, 0.6) is 0 Å². The zero-order valence-corrected chi connectivity index (χ0v) is 11.0. The van der Waals surface area contributed by atoms with Gasteiger partial charge in [0.2, 0.25) is 0 Å². The van der Waals surface area contributed by atoms with Crippen LogP contribution in [0.1, 0.15) is 6.42 Å². The number of nitrogens with two attached hydrogens (primary N) is 1.